The maximum atomic E-state index is 13.7. The molecule has 0 saturated heterocycles. The fraction of sp³-hybridized carbons (Fsp3) is 0.200. The molecule has 98 valence electrons. The minimum absolute atomic E-state index is 0.0543. The first-order valence-corrected chi connectivity index (χ1v) is 6.06. The van der Waals surface area contributed by atoms with Gasteiger partial charge in [0.1, 0.15) is 17.4 Å². The molecule has 2 nitrogen and oxygen atoms in total. The summed E-state index contributed by atoms with van der Waals surface area (Å²) in [6.45, 7) is 0. The smallest absolute Gasteiger partial charge is 0.149 e. The Labute approximate surface area is 110 Å². The summed E-state index contributed by atoms with van der Waals surface area (Å²) in [5.74, 6) is -0.327. The summed E-state index contributed by atoms with van der Waals surface area (Å²) in [5, 5.41) is 3.10. The second-order valence-corrected chi connectivity index (χ2v) is 4.60. The highest BCUT2D eigenvalue weighted by Gasteiger charge is 2.25. The lowest BCUT2D eigenvalue weighted by Crippen LogP contribution is -2.06. The van der Waals surface area contributed by atoms with Crippen molar-refractivity contribution in [1.82, 2.24) is 0 Å². The number of nitrogens with one attached hydrogen (secondary N) is 1. The molecule has 19 heavy (non-hydrogen) atoms. The van der Waals surface area contributed by atoms with Crippen LogP contribution in [0.3, 0.4) is 0 Å². The molecular formula is C15H13F2NO. The second kappa shape index (κ2) is 4.53. The zero-order valence-corrected chi connectivity index (χ0v) is 10.4. The van der Waals surface area contributed by atoms with Crippen LogP contribution in [0.4, 0.5) is 14.5 Å². The summed E-state index contributed by atoms with van der Waals surface area (Å²) in [6, 6.07) is 9.81. The second-order valence-electron chi connectivity index (χ2n) is 4.60. The summed E-state index contributed by atoms with van der Waals surface area (Å²) in [5.41, 5.74) is 2.06. The molecule has 1 N–H and O–H groups in total. The van der Waals surface area contributed by atoms with E-state index < -0.39 is 11.6 Å². The highest BCUT2D eigenvalue weighted by molar-refractivity contribution is 5.59. The van der Waals surface area contributed by atoms with Crippen molar-refractivity contribution in [2.24, 2.45) is 0 Å². The van der Waals surface area contributed by atoms with Gasteiger partial charge in [0.05, 0.1) is 18.8 Å². The largest absolute Gasteiger partial charge is 0.497 e. The standard InChI is InChI=1S/C15H13F2NO/c1-19-12-4-2-3-9(6-12)14-7-10-5-11(16)8-13(17)15(10)18-14/h2-6,8,14,18H,7H2,1H3. The first kappa shape index (κ1) is 12.0. The van der Waals surface area contributed by atoms with Gasteiger partial charge >= 0.3 is 0 Å². The predicted molar refractivity (Wildman–Crippen MR) is 69.4 cm³/mol. The highest BCUT2D eigenvalue weighted by Crippen LogP contribution is 2.37. The van der Waals surface area contributed by atoms with Gasteiger partial charge in [-0.2, -0.15) is 0 Å². The number of halogens is 2. The third-order valence-electron chi connectivity index (χ3n) is 3.38. The van der Waals surface area contributed by atoms with Crippen LogP contribution < -0.4 is 10.1 Å². The van der Waals surface area contributed by atoms with Crippen LogP contribution in [0, 0.1) is 11.6 Å². The van der Waals surface area contributed by atoms with Gasteiger partial charge in [-0.15, -0.1) is 0 Å². The Balaban J connectivity index is 1.93. The van der Waals surface area contributed by atoms with Crippen LogP contribution in [-0.2, 0) is 6.42 Å². The molecule has 1 unspecified atom stereocenters. The molecule has 0 saturated carbocycles. The van der Waals surface area contributed by atoms with E-state index in [4.69, 9.17) is 4.74 Å². The zero-order chi connectivity index (χ0) is 13.4. The third-order valence-corrected chi connectivity index (χ3v) is 3.38. The lowest BCUT2D eigenvalue weighted by molar-refractivity contribution is 0.414. The number of hydrogen-bond donors (Lipinski definition) is 1. The Kier molecular flexibility index (Phi) is 2.85. The topological polar surface area (TPSA) is 21.3 Å². The molecule has 4 heteroatoms. The quantitative estimate of drug-likeness (QED) is 0.890. The van der Waals surface area contributed by atoms with E-state index in [1.54, 1.807) is 7.11 Å². The summed E-state index contributed by atoms with van der Waals surface area (Å²) in [6.07, 6.45) is 0.567. The van der Waals surface area contributed by atoms with E-state index in [1.165, 1.54) is 6.07 Å². The molecule has 1 aliphatic heterocycles. The minimum Gasteiger partial charge on any atom is -0.497 e. The minimum atomic E-state index is -0.541. The average Bonchev–Trinajstić information content (AvgIpc) is 2.83. The predicted octanol–water partition coefficient (Wildman–Crippen LogP) is 3.68. The highest BCUT2D eigenvalue weighted by atomic mass is 19.1. The van der Waals surface area contributed by atoms with Crippen molar-refractivity contribution in [2.75, 3.05) is 12.4 Å². The summed E-state index contributed by atoms with van der Waals surface area (Å²) >= 11 is 0. The molecule has 0 amide bonds. The number of rotatable bonds is 2. The van der Waals surface area contributed by atoms with Crippen LogP contribution in [0.5, 0.6) is 5.75 Å². The van der Waals surface area contributed by atoms with E-state index in [0.717, 1.165) is 17.4 Å². The molecule has 0 aromatic heterocycles. The SMILES string of the molecule is COc1cccc(C2Cc3cc(F)cc(F)c3N2)c1. The van der Waals surface area contributed by atoms with Crippen molar-refractivity contribution in [1.29, 1.82) is 0 Å². The molecule has 0 spiro atoms. The van der Waals surface area contributed by atoms with E-state index in [0.29, 0.717) is 17.7 Å². The average molecular weight is 261 g/mol. The van der Waals surface area contributed by atoms with Gasteiger partial charge in [-0.05, 0) is 35.7 Å². The van der Waals surface area contributed by atoms with Crippen LogP contribution in [0.25, 0.3) is 0 Å². The maximum absolute atomic E-state index is 13.7. The fourth-order valence-electron chi connectivity index (χ4n) is 2.45. The Morgan fingerprint density at radius 3 is 2.84 bits per heavy atom. The molecule has 1 heterocycles. The van der Waals surface area contributed by atoms with Crippen molar-refractivity contribution < 1.29 is 13.5 Å². The Morgan fingerprint density at radius 2 is 2.05 bits per heavy atom. The normalized spacial score (nSPS) is 16.9. The van der Waals surface area contributed by atoms with Crippen LogP contribution in [0.15, 0.2) is 36.4 Å². The molecule has 1 aliphatic rings. The van der Waals surface area contributed by atoms with Gasteiger partial charge in [-0.3, -0.25) is 0 Å². The molecular weight excluding hydrogens is 248 g/mol. The van der Waals surface area contributed by atoms with Gasteiger partial charge in [0.2, 0.25) is 0 Å². The van der Waals surface area contributed by atoms with Crippen molar-refractivity contribution in [3.05, 3.63) is 59.2 Å². The summed E-state index contributed by atoms with van der Waals surface area (Å²) < 4.78 is 32.0. The number of benzene rings is 2. The van der Waals surface area contributed by atoms with Crippen molar-refractivity contribution >= 4 is 5.69 Å². The van der Waals surface area contributed by atoms with E-state index in [2.05, 4.69) is 5.32 Å². The molecule has 0 aliphatic carbocycles. The Morgan fingerprint density at radius 1 is 1.21 bits per heavy atom. The number of ether oxygens (including phenoxy) is 1. The van der Waals surface area contributed by atoms with Crippen LogP contribution >= 0.6 is 0 Å². The van der Waals surface area contributed by atoms with Crippen LogP contribution in [0.2, 0.25) is 0 Å². The molecule has 0 bridgehead atoms. The number of hydrogen-bond acceptors (Lipinski definition) is 2. The molecule has 0 fully saturated rings. The van der Waals surface area contributed by atoms with Gasteiger partial charge in [0, 0.05) is 6.07 Å². The van der Waals surface area contributed by atoms with Gasteiger partial charge in [-0.25, -0.2) is 8.78 Å². The molecule has 0 radical (unpaired) electrons. The van der Waals surface area contributed by atoms with E-state index in [-0.39, 0.29) is 6.04 Å². The maximum Gasteiger partial charge on any atom is 0.149 e. The lowest BCUT2D eigenvalue weighted by Gasteiger charge is -2.12. The third kappa shape index (κ3) is 2.14. The molecule has 3 rings (SSSR count). The number of anilines is 1. The van der Waals surface area contributed by atoms with E-state index >= 15 is 0 Å². The van der Waals surface area contributed by atoms with Crippen molar-refractivity contribution in [2.45, 2.75) is 12.5 Å². The molecule has 2 aromatic carbocycles. The van der Waals surface area contributed by atoms with Gasteiger partial charge in [0.15, 0.2) is 0 Å². The van der Waals surface area contributed by atoms with E-state index in [9.17, 15) is 8.78 Å². The van der Waals surface area contributed by atoms with Crippen LogP contribution in [-0.4, -0.2) is 7.11 Å². The molecule has 1 atom stereocenters. The number of fused-ring (bicyclic) bond motifs is 1. The molecule has 2 aromatic rings. The fourth-order valence-corrected chi connectivity index (χ4v) is 2.45. The van der Waals surface area contributed by atoms with Gasteiger partial charge in [0.25, 0.3) is 0 Å². The Bertz CT molecular complexity index is 628. The zero-order valence-electron chi connectivity index (χ0n) is 10.4. The van der Waals surface area contributed by atoms with Crippen molar-refractivity contribution in [3.63, 3.8) is 0 Å². The first-order valence-electron chi connectivity index (χ1n) is 6.06. The summed E-state index contributed by atoms with van der Waals surface area (Å²) in [7, 11) is 1.60. The first-order chi connectivity index (χ1) is 9.17. The Hall–Kier alpha value is -2.10. The van der Waals surface area contributed by atoms with Gasteiger partial charge in [-0.1, -0.05) is 12.1 Å². The lowest BCUT2D eigenvalue weighted by atomic mass is 10.0. The monoisotopic (exact) mass is 261 g/mol. The van der Waals surface area contributed by atoms with Crippen molar-refractivity contribution in [3.8, 4) is 5.75 Å². The summed E-state index contributed by atoms with van der Waals surface area (Å²) in [4.78, 5) is 0. The number of methoxy groups -OCH3 is 1. The van der Waals surface area contributed by atoms with E-state index in [1.807, 2.05) is 24.3 Å². The van der Waals surface area contributed by atoms with Gasteiger partial charge < -0.3 is 10.1 Å². The van der Waals surface area contributed by atoms with Crippen LogP contribution in [0.1, 0.15) is 17.2 Å².